The Morgan fingerprint density at radius 1 is 1.42 bits per heavy atom. The smallest absolute Gasteiger partial charge is 0.125 e. The minimum Gasteiger partial charge on any atom is -0.292 e. The Morgan fingerprint density at radius 3 is 2.92 bits per heavy atom. The molecule has 1 aliphatic rings. The lowest BCUT2D eigenvalue weighted by Crippen LogP contribution is -2.24. The highest BCUT2D eigenvalue weighted by Gasteiger charge is 2.09. The van der Waals surface area contributed by atoms with Gasteiger partial charge in [-0.1, -0.05) is 24.3 Å². The van der Waals surface area contributed by atoms with Crippen molar-refractivity contribution in [1.29, 1.82) is 0 Å². The molecule has 1 heterocycles. The molecule has 1 aliphatic heterocycles. The van der Waals surface area contributed by atoms with Crippen LogP contribution >= 0.6 is 0 Å². The molecule has 1 aromatic carbocycles. The fourth-order valence-corrected chi connectivity index (χ4v) is 1.30. The highest BCUT2D eigenvalue weighted by molar-refractivity contribution is 5.58. The van der Waals surface area contributed by atoms with Gasteiger partial charge in [-0.3, -0.25) is 10.3 Å². The third-order valence-electron chi connectivity index (χ3n) is 1.93. The van der Waals surface area contributed by atoms with Crippen molar-refractivity contribution in [1.82, 2.24) is 5.32 Å². The Labute approximate surface area is 72.3 Å². The van der Waals surface area contributed by atoms with Crippen LogP contribution in [-0.4, -0.2) is 12.8 Å². The van der Waals surface area contributed by atoms with Gasteiger partial charge in [-0.05, 0) is 18.1 Å². The molecule has 0 spiro atoms. The van der Waals surface area contributed by atoms with Gasteiger partial charge in [0.25, 0.3) is 0 Å². The van der Waals surface area contributed by atoms with Crippen molar-refractivity contribution >= 4 is 6.21 Å². The van der Waals surface area contributed by atoms with E-state index in [-0.39, 0.29) is 6.17 Å². The number of hydrogen-bond acceptors (Lipinski definition) is 2. The molecule has 1 N–H and O–H groups in total. The molecule has 0 saturated heterocycles. The molecular formula is C10H11N2. The first-order valence-electron chi connectivity index (χ1n) is 4.18. The minimum absolute atomic E-state index is 0.161. The molecule has 1 radical (unpaired) electrons. The Kier molecular flexibility index (Phi) is 2.19. The number of aliphatic imine (C=N–C) groups is 1. The molecule has 61 valence electrons. The predicted octanol–water partition coefficient (Wildman–Crippen LogP) is 1.55. The maximum atomic E-state index is 4.35. The largest absolute Gasteiger partial charge is 0.292 e. The molecule has 1 unspecified atom stereocenters. The lowest BCUT2D eigenvalue weighted by molar-refractivity contribution is 0.547. The van der Waals surface area contributed by atoms with Crippen LogP contribution in [0.2, 0.25) is 0 Å². The van der Waals surface area contributed by atoms with Gasteiger partial charge < -0.3 is 0 Å². The summed E-state index contributed by atoms with van der Waals surface area (Å²) in [5, 5.41) is 3.32. The van der Waals surface area contributed by atoms with Crippen LogP contribution in [0, 0.1) is 6.07 Å². The van der Waals surface area contributed by atoms with E-state index < -0.39 is 0 Å². The number of rotatable bonds is 1. The second kappa shape index (κ2) is 3.50. The van der Waals surface area contributed by atoms with E-state index in [1.165, 1.54) is 5.56 Å². The van der Waals surface area contributed by atoms with Gasteiger partial charge in [-0.2, -0.15) is 0 Å². The van der Waals surface area contributed by atoms with Gasteiger partial charge in [0.15, 0.2) is 0 Å². The zero-order valence-electron chi connectivity index (χ0n) is 6.83. The average molecular weight is 159 g/mol. The van der Waals surface area contributed by atoms with Crippen LogP contribution in [0.3, 0.4) is 0 Å². The van der Waals surface area contributed by atoms with Crippen LogP contribution in [0.4, 0.5) is 0 Å². The standard InChI is InChI=1S/C10H11N2/c1-2-5-9(6-3-1)10-11-7-4-8-12-10/h2-3,5-7,10,12H,4,8H2. The van der Waals surface area contributed by atoms with Crippen LogP contribution in [0.15, 0.2) is 29.3 Å². The first-order valence-corrected chi connectivity index (χ1v) is 4.18. The molecule has 2 heteroatoms. The van der Waals surface area contributed by atoms with Gasteiger partial charge in [0.05, 0.1) is 0 Å². The van der Waals surface area contributed by atoms with E-state index in [1.807, 2.05) is 30.5 Å². The normalized spacial score (nSPS) is 22.5. The summed E-state index contributed by atoms with van der Waals surface area (Å²) in [6.45, 7) is 1.02. The highest BCUT2D eigenvalue weighted by Crippen LogP contribution is 2.14. The summed E-state index contributed by atoms with van der Waals surface area (Å²) >= 11 is 0. The fraction of sp³-hybridized carbons (Fsp3) is 0.300. The van der Waals surface area contributed by atoms with E-state index >= 15 is 0 Å². The van der Waals surface area contributed by atoms with Crippen LogP contribution in [-0.2, 0) is 0 Å². The number of benzene rings is 1. The van der Waals surface area contributed by atoms with Crippen molar-refractivity contribution in [2.24, 2.45) is 4.99 Å². The lowest BCUT2D eigenvalue weighted by atomic mass is 10.1. The molecule has 0 saturated carbocycles. The van der Waals surface area contributed by atoms with E-state index in [1.54, 1.807) is 0 Å². The Morgan fingerprint density at radius 2 is 2.25 bits per heavy atom. The number of nitrogens with zero attached hydrogens (tertiary/aromatic N) is 1. The molecule has 0 bridgehead atoms. The lowest BCUT2D eigenvalue weighted by Gasteiger charge is -2.17. The van der Waals surface area contributed by atoms with Crippen molar-refractivity contribution in [3.63, 3.8) is 0 Å². The first-order chi connectivity index (χ1) is 5.97. The van der Waals surface area contributed by atoms with Gasteiger partial charge in [-0.15, -0.1) is 0 Å². The van der Waals surface area contributed by atoms with Crippen LogP contribution in [0.25, 0.3) is 0 Å². The summed E-state index contributed by atoms with van der Waals surface area (Å²) in [5.74, 6) is 0. The molecule has 2 nitrogen and oxygen atoms in total. The maximum Gasteiger partial charge on any atom is 0.125 e. The van der Waals surface area contributed by atoms with Crippen molar-refractivity contribution in [2.45, 2.75) is 12.6 Å². The molecule has 0 aromatic heterocycles. The summed E-state index contributed by atoms with van der Waals surface area (Å²) < 4.78 is 0. The number of nitrogens with one attached hydrogen (secondary N) is 1. The van der Waals surface area contributed by atoms with E-state index in [9.17, 15) is 0 Å². The third kappa shape index (κ3) is 1.53. The minimum atomic E-state index is 0.161. The number of hydrogen-bond donors (Lipinski definition) is 1. The predicted molar refractivity (Wildman–Crippen MR) is 49.1 cm³/mol. The molecule has 12 heavy (non-hydrogen) atoms. The SMILES string of the molecule is [c]1ccc(C2N=CCCN2)cc1. The molecule has 0 aliphatic carbocycles. The Balaban J connectivity index is 2.19. The van der Waals surface area contributed by atoms with Gasteiger partial charge in [0.2, 0.25) is 0 Å². The van der Waals surface area contributed by atoms with E-state index in [0.717, 1.165) is 13.0 Å². The molecular weight excluding hydrogens is 148 g/mol. The monoisotopic (exact) mass is 159 g/mol. The van der Waals surface area contributed by atoms with Crippen molar-refractivity contribution in [3.8, 4) is 0 Å². The van der Waals surface area contributed by atoms with E-state index in [0.29, 0.717) is 0 Å². The van der Waals surface area contributed by atoms with Crippen molar-refractivity contribution < 1.29 is 0 Å². The fourth-order valence-electron chi connectivity index (χ4n) is 1.30. The summed E-state index contributed by atoms with van der Waals surface area (Å²) in [6.07, 6.45) is 3.18. The summed E-state index contributed by atoms with van der Waals surface area (Å²) in [7, 11) is 0. The van der Waals surface area contributed by atoms with Crippen LogP contribution in [0.1, 0.15) is 18.2 Å². The summed E-state index contributed by atoms with van der Waals surface area (Å²) in [5.41, 5.74) is 1.21. The topological polar surface area (TPSA) is 24.4 Å². The van der Waals surface area contributed by atoms with E-state index in [2.05, 4.69) is 16.4 Å². The molecule has 1 aromatic rings. The quantitative estimate of drug-likeness (QED) is 0.660. The van der Waals surface area contributed by atoms with Gasteiger partial charge in [0, 0.05) is 12.8 Å². The molecule has 0 fully saturated rings. The second-order valence-electron chi connectivity index (χ2n) is 2.81. The summed E-state index contributed by atoms with van der Waals surface area (Å²) in [4.78, 5) is 4.35. The van der Waals surface area contributed by atoms with Gasteiger partial charge >= 0.3 is 0 Å². The highest BCUT2D eigenvalue weighted by atomic mass is 15.1. The molecule has 0 amide bonds. The first kappa shape index (κ1) is 7.50. The average Bonchev–Trinajstić information content (AvgIpc) is 2.21. The zero-order valence-corrected chi connectivity index (χ0v) is 6.83. The van der Waals surface area contributed by atoms with Gasteiger partial charge in [-0.25, -0.2) is 0 Å². The van der Waals surface area contributed by atoms with Gasteiger partial charge in [0.1, 0.15) is 6.17 Å². The molecule has 1 atom stereocenters. The third-order valence-corrected chi connectivity index (χ3v) is 1.93. The van der Waals surface area contributed by atoms with Crippen molar-refractivity contribution in [3.05, 3.63) is 35.9 Å². The Hall–Kier alpha value is -1.15. The molecule has 2 rings (SSSR count). The zero-order chi connectivity index (χ0) is 8.23. The maximum absolute atomic E-state index is 4.35. The van der Waals surface area contributed by atoms with Crippen LogP contribution < -0.4 is 5.32 Å². The Bertz CT molecular complexity index is 266. The van der Waals surface area contributed by atoms with E-state index in [4.69, 9.17) is 0 Å². The summed E-state index contributed by atoms with van der Waals surface area (Å²) in [6, 6.07) is 10.9. The van der Waals surface area contributed by atoms with Crippen LogP contribution in [0.5, 0.6) is 0 Å². The van der Waals surface area contributed by atoms with Crippen molar-refractivity contribution in [2.75, 3.05) is 6.54 Å². The second-order valence-corrected chi connectivity index (χ2v) is 2.81.